The number of nitriles is 1. The Morgan fingerprint density at radius 3 is 2.83 bits per heavy atom. The van der Waals surface area contributed by atoms with Crippen molar-refractivity contribution in [1.29, 1.82) is 5.26 Å². The fourth-order valence-electron chi connectivity index (χ4n) is 1.65. The highest BCUT2D eigenvalue weighted by Crippen LogP contribution is 2.05. The van der Waals surface area contributed by atoms with Crippen LogP contribution < -0.4 is 5.56 Å². The van der Waals surface area contributed by atoms with Crippen molar-refractivity contribution >= 4 is 5.78 Å². The number of benzene rings is 1. The van der Waals surface area contributed by atoms with Crippen molar-refractivity contribution in [2.45, 2.75) is 13.5 Å². The van der Waals surface area contributed by atoms with Gasteiger partial charge in [-0.2, -0.15) is 5.26 Å². The van der Waals surface area contributed by atoms with Gasteiger partial charge in [0.1, 0.15) is 5.69 Å². The topological polar surface area (TPSA) is 78.7 Å². The first kappa shape index (κ1) is 11.9. The minimum Gasteiger partial charge on any atom is -0.293 e. The quantitative estimate of drug-likeness (QED) is 0.822. The number of ketones is 1. The standard InChI is InChI=1S/C13H11N3O2/c1-9(17)12-6-13(18)16(15-12)8-11-4-2-3-10(5-11)7-14/h2-6,15H,8H2,1H3. The average molecular weight is 241 g/mol. The minimum absolute atomic E-state index is 0.184. The molecule has 2 aromatic rings. The number of Topliss-reactive ketones (excluding diaryl/α,β-unsaturated/α-hetero) is 1. The van der Waals surface area contributed by atoms with Crippen molar-refractivity contribution in [1.82, 2.24) is 9.78 Å². The average Bonchev–Trinajstić information content (AvgIpc) is 2.71. The summed E-state index contributed by atoms with van der Waals surface area (Å²) in [4.78, 5) is 22.8. The molecule has 0 atom stereocenters. The van der Waals surface area contributed by atoms with Crippen molar-refractivity contribution in [3.05, 3.63) is 57.5 Å². The molecule has 5 heteroatoms. The van der Waals surface area contributed by atoms with Crippen LogP contribution in [0.2, 0.25) is 0 Å². The fraction of sp³-hybridized carbons (Fsp3) is 0.154. The smallest absolute Gasteiger partial charge is 0.267 e. The number of carbonyl (C=O) groups is 1. The third-order valence-electron chi connectivity index (χ3n) is 2.57. The molecule has 0 unspecified atom stereocenters. The molecule has 1 aromatic carbocycles. The van der Waals surface area contributed by atoms with E-state index < -0.39 is 0 Å². The molecule has 0 saturated carbocycles. The monoisotopic (exact) mass is 241 g/mol. The molecule has 0 saturated heterocycles. The first-order valence-electron chi connectivity index (χ1n) is 5.40. The van der Waals surface area contributed by atoms with E-state index in [1.54, 1.807) is 18.2 Å². The number of aromatic nitrogens is 2. The Morgan fingerprint density at radius 1 is 1.44 bits per heavy atom. The number of nitrogens with zero attached hydrogens (tertiary/aromatic N) is 2. The van der Waals surface area contributed by atoms with Gasteiger partial charge in [0.05, 0.1) is 18.2 Å². The molecule has 2 rings (SSSR count). The van der Waals surface area contributed by atoms with Gasteiger partial charge in [-0.25, -0.2) is 4.68 Å². The molecule has 1 heterocycles. The highest BCUT2D eigenvalue weighted by Gasteiger charge is 2.07. The SMILES string of the molecule is CC(=O)c1cc(=O)n(Cc2cccc(C#N)c2)[nH]1. The summed E-state index contributed by atoms with van der Waals surface area (Å²) in [5.74, 6) is -0.184. The van der Waals surface area contributed by atoms with Gasteiger partial charge in [-0.05, 0) is 17.7 Å². The van der Waals surface area contributed by atoms with E-state index in [1.165, 1.54) is 17.7 Å². The molecule has 0 aliphatic heterocycles. The van der Waals surface area contributed by atoms with Crippen LogP contribution in [0.4, 0.5) is 0 Å². The Morgan fingerprint density at radius 2 is 2.22 bits per heavy atom. The first-order valence-corrected chi connectivity index (χ1v) is 5.40. The Hall–Kier alpha value is -2.61. The zero-order chi connectivity index (χ0) is 13.1. The van der Waals surface area contributed by atoms with Crippen molar-refractivity contribution in [3.8, 4) is 6.07 Å². The molecule has 0 amide bonds. The van der Waals surface area contributed by atoms with Crippen LogP contribution in [0.5, 0.6) is 0 Å². The number of aromatic amines is 1. The van der Waals surface area contributed by atoms with E-state index >= 15 is 0 Å². The number of rotatable bonds is 3. The maximum atomic E-state index is 11.6. The van der Waals surface area contributed by atoms with Crippen molar-refractivity contribution in [2.75, 3.05) is 0 Å². The molecule has 1 aromatic heterocycles. The van der Waals surface area contributed by atoms with Gasteiger partial charge in [-0.3, -0.25) is 14.7 Å². The van der Waals surface area contributed by atoms with Crippen LogP contribution in [0.15, 0.2) is 35.1 Å². The fourth-order valence-corrected chi connectivity index (χ4v) is 1.65. The summed E-state index contributed by atoms with van der Waals surface area (Å²) in [6.45, 7) is 1.70. The van der Waals surface area contributed by atoms with E-state index in [-0.39, 0.29) is 17.0 Å². The van der Waals surface area contributed by atoms with Gasteiger partial charge in [0.15, 0.2) is 5.78 Å². The van der Waals surface area contributed by atoms with E-state index in [2.05, 4.69) is 5.10 Å². The van der Waals surface area contributed by atoms with Gasteiger partial charge in [-0.1, -0.05) is 12.1 Å². The highest BCUT2D eigenvalue weighted by molar-refractivity contribution is 5.91. The molecular weight excluding hydrogens is 230 g/mol. The molecule has 0 radical (unpaired) electrons. The molecule has 0 spiro atoms. The lowest BCUT2D eigenvalue weighted by Crippen LogP contribution is -2.16. The first-order chi connectivity index (χ1) is 8.60. The van der Waals surface area contributed by atoms with Gasteiger partial charge in [0.2, 0.25) is 0 Å². The van der Waals surface area contributed by atoms with E-state index in [0.717, 1.165) is 5.56 Å². The van der Waals surface area contributed by atoms with Crippen molar-refractivity contribution < 1.29 is 4.79 Å². The van der Waals surface area contributed by atoms with Crippen LogP contribution in [0.3, 0.4) is 0 Å². The molecule has 1 N–H and O–H groups in total. The van der Waals surface area contributed by atoms with E-state index in [0.29, 0.717) is 12.1 Å². The predicted molar refractivity (Wildman–Crippen MR) is 65.3 cm³/mol. The third-order valence-corrected chi connectivity index (χ3v) is 2.57. The molecular formula is C13H11N3O2. The zero-order valence-corrected chi connectivity index (χ0v) is 9.80. The summed E-state index contributed by atoms with van der Waals surface area (Å²) in [6, 6.07) is 10.3. The van der Waals surface area contributed by atoms with E-state index in [4.69, 9.17) is 5.26 Å². The molecule has 5 nitrogen and oxygen atoms in total. The molecule has 90 valence electrons. The lowest BCUT2D eigenvalue weighted by molar-refractivity contribution is 0.101. The number of hydrogen-bond donors (Lipinski definition) is 1. The van der Waals surface area contributed by atoms with Crippen LogP contribution >= 0.6 is 0 Å². The number of hydrogen-bond acceptors (Lipinski definition) is 3. The number of nitrogens with one attached hydrogen (secondary N) is 1. The van der Waals surface area contributed by atoms with Gasteiger partial charge in [0, 0.05) is 13.0 Å². The lowest BCUT2D eigenvalue weighted by Gasteiger charge is -2.02. The second-order valence-corrected chi connectivity index (χ2v) is 3.96. The highest BCUT2D eigenvalue weighted by atomic mass is 16.1. The molecule has 0 aliphatic carbocycles. The van der Waals surface area contributed by atoms with Gasteiger partial charge in [0.25, 0.3) is 5.56 Å². The maximum Gasteiger partial charge on any atom is 0.267 e. The Bertz CT molecular complexity index is 689. The summed E-state index contributed by atoms with van der Waals surface area (Å²) in [7, 11) is 0. The van der Waals surface area contributed by atoms with Crippen LogP contribution in [-0.4, -0.2) is 15.6 Å². The number of H-pyrrole nitrogens is 1. The second kappa shape index (κ2) is 4.72. The van der Waals surface area contributed by atoms with Crippen LogP contribution in [0, 0.1) is 11.3 Å². The van der Waals surface area contributed by atoms with Gasteiger partial charge in [-0.15, -0.1) is 0 Å². The van der Waals surface area contributed by atoms with E-state index in [1.807, 2.05) is 12.1 Å². The third kappa shape index (κ3) is 2.38. The normalized spacial score (nSPS) is 10.0. The number of carbonyl (C=O) groups excluding carboxylic acids is 1. The van der Waals surface area contributed by atoms with Crippen LogP contribution in [-0.2, 0) is 6.54 Å². The summed E-state index contributed by atoms with van der Waals surface area (Å²) in [6.07, 6.45) is 0. The Balaban J connectivity index is 2.31. The molecule has 0 fully saturated rings. The Kier molecular flexibility index (Phi) is 3.11. The molecule has 0 bridgehead atoms. The van der Waals surface area contributed by atoms with Crippen molar-refractivity contribution in [3.63, 3.8) is 0 Å². The minimum atomic E-state index is -0.262. The summed E-state index contributed by atoms with van der Waals surface area (Å²) in [5.41, 5.74) is 1.39. The summed E-state index contributed by atoms with van der Waals surface area (Å²) >= 11 is 0. The Labute approximate surface area is 103 Å². The van der Waals surface area contributed by atoms with E-state index in [9.17, 15) is 9.59 Å². The van der Waals surface area contributed by atoms with Crippen LogP contribution in [0.25, 0.3) is 0 Å². The molecule has 0 aliphatic rings. The van der Waals surface area contributed by atoms with Gasteiger partial charge >= 0.3 is 0 Å². The lowest BCUT2D eigenvalue weighted by atomic mass is 10.1. The van der Waals surface area contributed by atoms with Gasteiger partial charge < -0.3 is 0 Å². The molecule has 18 heavy (non-hydrogen) atoms. The summed E-state index contributed by atoms with van der Waals surface area (Å²) < 4.78 is 1.34. The largest absolute Gasteiger partial charge is 0.293 e. The zero-order valence-electron chi connectivity index (χ0n) is 9.80. The second-order valence-electron chi connectivity index (χ2n) is 3.96. The van der Waals surface area contributed by atoms with Crippen molar-refractivity contribution in [2.24, 2.45) is 0 Å². The maximum absolute atomic E-state index is 11.6. The summed E-state index contributed by atoms with van der Waals surface area (Å²) in [5, 5.41) is 11.5. The predicted octanol–water partition coefficient (Wildman–Crippen LogP) is 1.30. The van der Waals surface area contributed by atoms with Crippen LogP contribution in [0.1, 0.15) is 28.5 Å².